The summed E-state index contributed by atoms with van der Waals surface area (Å²) in [6.07, 6.45) is 0.837. The van der Waals surface area contributed by atoms with Gasteiger partial charge in [0, 0.05) is 23.4 Å². The molecule has 0 radical (unpaired) electrons. The summed E-state index contributed by atoms with van der Waals surface area (Å²) in [6.45, 7) is 4.23. The Bertz CT molecular complexity index is 1020. The molecule has 0 spiro atoms. The average molecular weight is 395 g/mol. The maximum Gasteiger partial charge on any atom is 0.269 e. The van der Waals surface area contributed by atoms with E-state index in [0.29, 0.717) is 33.7 Å². The predicted octanol–water partition coefficient (Wildman–Crippen LogP) is 4.40. The molecule has 8 nitrogen and oxygen atoms in total. The van der Waals surface area contributed by atoms with Crippen LogP contribution in [-0.2, 0) is 12.2 Å². The molecule has 1 aromatic carbocycles. The average Bonchev–Trinajstić information content (AvgIpc) is 3.15. The number of thioether (sulfide) groups is 1. The highest BCUT2D eigenvalue weighted by atomic mass is 32.2. The highest BCUT2D eigenvalue weighted by Crippen LogP contribution is 2.27. The molecule has 0 aliphatic rings. The second-order valence-corrected chi connectivity index (χ2v) is 7.42. The Kier molecular flexibility index (Phi) is 6.01. The van der Waals surface area contributed by atoms with Crippen molar-refractivity contribution in [2.24, 2.45) is 5.92 Å². The third-order valence-corrected chi connectivity index (χ3v) is 4.76. The SMILES string of the molecule is CC(C)Cc1ccc(C#N)c(SCc2nnc(-c3ccc([N+](=O)[O-])cc3)o2)n1. The summed E-state index contributed by atoms with van der Waals surface area (Å²) >= 11 is 1.36. The maximum absolute atomic E-state index is 10.7. The van der Waals surface area contributed by atoms with Gasteiger partial charge in [0.2, 0.25) is 11.8 Å². The van der Waals surface area contributed by atoms with E-state index in [1.165, 1.54) is 23.9 Å². The minimum absolute atomic E-state index is 0.00423. The minimum Gasteiger partial charge on any atom is -0.420 e. The number of rotatable bonds is 7. The molecule has 142 valence electrons. The van der Waals surface area contributed by atoms with Gasteiger partial charge in [-0.1, -0.05) is 25.6 Å². The molecule has 3 rings (SSSR count). The van der Waals surface area contributed by atoms with E-state index in [1.807, 2.05) is 6.07 Å². The Balaban J connectivity index is 1.72. The molecule has 3 aromatic rings. The zero-order chi connectivity index (χ0) is 20.1. The van der Waals surface area contributed by atoms with Crippen molar-refractivity contribution in [2.75, 3.05) is 0 Å². The number of pyridine rings is 1. The van der Waals surface area contributed by atoms with Gasteiger partial charge in [-0.3, -0.25) is 10.1 Å². The van der Waals surface area contributed by atoms with Crippen molar-refractivity contribution in [1.82, 2.24) is 15.2 Å². The number of nitrogens with zero attached hydrogens (tertiary/aromatic N) is 5. The Morgan fingerprint density at radius 3 is 2.61 bits per heavy atom. The number of nitriles is 1. The normalized spacial score (nSPS) is 10.8. The number of hydrogen-bond donors (Lipinski definition) is 0. The molecule has 0 fully saturated rings. The quantitative estimate of drug-likeness (QED) is 0.328. The maximum atomic E-state index is 10.7. The summed E-state index contributed by atoms with van der Waals surface area (Å²) in [5.74, 6) is 1.51. The zero-order valence-electron chi connectivity index (χ0n) is 15.3. The van der Waals surface area contributed by atoms with Gasteiger partial charge < -0.3 is 4.42 Å². The van der Waals surface area contributed by atoms with Gasteiger partial charge >= 0.3 is 0 Å². The monoisotopic (exact) mass is 395 g/mol. The number of non-ortho nitro benzene ring substituents is 1. The van der Waals surface area contributed by atoms with E-state index in [2.05, 4.69) is 35.1 Å². The molecule has 0 unspecified atom stereocenters. The van der Waals surface area contributed by atoms with E-state index < -0.39 is 4.92 Å². The Morgan fingerprint density at radius 1 is 1.21 bits per heavy atom. The second kappa shape index (κ2) is 8.63. The summed E-state index contributed by atoms with van der Waals surface area (Å²) in [4.78, 5) is 14.8. The van der Waals surface area contributed by atoms with Gasteiger partial charge in [-0.05, 0) is 36.6 Å². The van der Waals surface area contributed by atoms with E-state index in [9.17, 15) is 15.4 Å². The largest absolute Gasteiger partial charge is 0.420 e. The molecule has 2 heterocycles. The number of aromatic nitrogens is 3. The number of hydrogen-bond acceptors (Lipinski definition) is 8. The van der Waals surface area contributed by atoms with Gasteiger partial charge in [0.05, 0.1) is 16.2 Å². The molecule has 0 saturated carbocycles. The summed E-state index contributed by atoms with van der Waals surface area (Å²) in [5, 5.41) is 28.7. The van der Waals surface area contributed by atoms with Crippen LogP contribution in [0.2, 0.25) is 0 Å². The van der Waals surface area contributed by atoms with Crippen LogP contribution in [0.25, 0.3) is 11.5 Å². The first-order chi connectivity index (χ1) is 13.5. The van der Waals surface area contributed by atoms with E-state index in [1.54, 1.807) is 18.2 Å². The fourth-order valence-corrected chi connectivity index (χ4v) is 3.32. The second-order valence-electron chi connectivity index (χ2n) is 6.46. The number of benzene rings is 1. The first kappa shape index (κ1) is 19.5. The van der Waals surface area contributed by atoms with Crippen molar-refractivity contribution in [2.45, 2.75) is 31.0 Å². The van der Waals surface area contributed by atoms with E-state index in [4.69, 9.17) is 4.42 Å². The highest BCUT2D eigenvalue weighted by molar-refractivity contribution is 7.98. The summed E-state index contributed by atoms with van der Waals surface area (Å²) < 4.78 is 5.64. The lowest BCUT2D eigenvalue weighted by atomic mass is 10.1. The summed E-state index contributed by atoms with van der Waals surface area (Å²) in [7, 11) is 0. The van der Waals surface area contributed by atoms with E-state index in [-0.39, 0.29) is 11.6 Å². The van der Waals surface area contributed by atoms with Crippen molar-refractivity contribution in [3.05, 3.63) is 63.7 Å². The third kappa shape index (κ3) is 4.72. The van der Waals surface area contributed by atoms with Crippen molar-refractivity contribution in [1.29, 1.82) is 5.26 Å². The first-order valence-electron chi connectivity index (χ1n) is 8.56. The van der Waals surface area contributed by atoms with Gasteiger partial charge in [-0.25, -0.2) is 4.98 Å². The summed E-state index contributed by atoms with van der Waals surface area (Å²) in [6, 6.07) is 11.7. The van der Waals surface area contributed by atoms with Gasteiger partial charge in [-0.15, -0.1) is 10.2 Å². The van der Waals surface area contributed by atoms with Crippen LogP contribution < -0.4 is 0 Å². The molecule has 0 aliphatic heterocycles. The number of nitro groups is 1. The lowest BCUT2D eigenvalue weighted by Crippen LogP contribution is -1.99. The zero-order valence-corrected chi connectivity index (χ0v) is 16.1. The molecule has 0 aliphatic carbocycles. The molecule has 0 bridgehead atoms. The Labute approximate surface area is 165 Å². The fourth-order valence-electron chi connectivity index (χ4n) is 2.49. The molecule has 0 atom stereocenters. The van der Waals surface area contributed by atoms with Crippen LogP contribution in [0.1, 0.15) is 31.0 Å². The lowest BCUT2D eigenvalue weighted by molar-refractivity contribution is -0.384. The van der Waals surface area contributed by atoms with E-state index in [0.717, 1.165) is 12.1 Å². The van der Waals surface area contributed by atoms with Crippen molar-refractivity contribution in [3.8, 4) is 17.5 Å². The summed E-state index contributed by atoms with van der Waals surface area (Å²) in [5.41, 5.74) is 2.04. The van der Waals surface area contributed by atoms with Crippen LogP contribution in [0, 0.1) is 27.4 Å². The third-order valence-electron chi connectivity index (χ3n) is 3.78. The molecule has 2 aromatic heterocycles. The van der Waals surface area contributed by atoms with Crippen molar-refractivity contribution in [3.63, 3.8) is 0 Å². The molecule has 9 heteroatoms. The van der Waals surface area contributed by atoms with Crippen LogP contribution in [0.3, 0.4) is 0 Å². The van der Waals surface area contributed by atoms with Crippen LogP contribution >= 0.6 is 11.8 Å². The number of nitro benzene ring substituents is 1. The van der Waals surface area contributed by atoms with Crippen LogP contribution in [0.5, 0.6) is 0 Å². The standard InChI is InChI=1S/C19H17N5O3S/c1-12(2)9-15-6-3-14(10-20)19(21-15)28-11-17-22-23-18(27-17)13-4-7-16(8-5-13)24(25)26/h3-8,12H,9,11H2,1-2H3. The van der Waals surface area contributed by atoms with Gasteiger partial charge in [0.1, 0.15) is 11.1 Å². The van der Waals surface area contributed by atoms with Crippen LogP contribution in [-0.4, -0.2) is 20.1 Å². The first-order valence-corrected chi connectivity index (χ1v) is 9.55. The Morgan fingerprint density at radius 2 is 1.96 bits per heavy atom. The minimum atomic E-state index is -0.465. The van der Waals surface area contributed by atoms with Gasteiger partial charge in [0.15, 0.2) is 0 Å². The highest BCUT2D eigenvalue weighted by Gasteiger charge is 2.13. The van der Waals surface area contributed by atoms with Crippen LogP contribution in [0.15, 0.2) is 45.8 Å². The Hall–Kier alpha value is -3.25. The lowest BCUT2D eigenvalue weighted by Gasteiger charge is -2.07. The van der Waals surface area contributed by atoms with Crippen molar-refractivity contribution >= 4 is 17.4 Å². The molecule has 0 saturated heterocycles. The fraction of sp³-hybridized carbons (Fsp3) is 0.263. The molecule has 28 heavy (non-hydrogen) atoms. The predicted molar refractivity (Wildman–Crippen MR) is 103 cm³/mol. The van der Waals surface area contributed by atoms with Gasteiger partial charge in [0.25, 0.3) is 5.69 Å². The molecular weight excluding hydrogens is 378 g/mol. The topological polar surface area (TPSA) is 119 Å². The smallest absolute Gasteiger partial charge is 0.269 e. The van der Waals surface area contributed by atoms with Crippen LogP contribution in [0.4, 0.5) is 5.69 Å². The van der Waals surface area contributed by atoms with Crippen molar-refractivity contribution < 1.29 is 9.34 Å². The molecular formula is C19H17N5O3S. The molecule has 0 N–H and O–H groups in total. The molecule has 0 amide bonds. The van der Waals surface area contributed by atoms with E-state index >= 15 is 0 Å². The van der Waals surface area contributed by atoms with Gasteiger partial charge in [-0.2, -0.15) is 5.26 Å².